The Morgan fingerprint density at radius 3 is 2.79 bits per heavy atom. The van der Waals surface area contributed by atoms with Gasteiger partial charge in [0.2, 0.25) is 0 Å². The number of amides is 1. The monoisotopic (exact) mass is 403 g/mol. The van der Waals surface area contributed by atoms with E-state index in [1.165, 1.54) is 0 Å². The number of ether oxygens (including phenoxy) is 1. The Labute approximate surface area is 170 Å². The van der Waals surface area contributed by atoms with Crippen molar-refractivity contribution >= 4 is 17.2 Å². The molecule has 3 heterocycles. The van der Waals surface area contributed by atoms with Crippen molar-refractivity contribution in [3.63, 3.8) is 0 Å². The second kappa shape index (κ2) is 10.5. The minimum atomic E-state index is -0.282. The number of morpholine rings is 1. The number of carbonyl (C=O) groups excluding carboxylic acids is 1. The summed E-state index contributed by atoms with van der Waals surface area (Å²) < 4.78 is 7.03. The van der Waals surface area contributed by atoms with Crippen LogP contribution in [0.25, 0.3) is 10.4 Å². The summed E-state index contributed by atoms with van der Waals surface area (Å²) in [6, 6.07) is 5.72. The predicted octanol–water partition coefficient (Wildman–Crippen LogP) is 2.83. The number of nitrogens with one attached hydrogen (secondary N) is 1. The van der Waals surface area contributed by atoms with E-state index in [4.69, 9.17) is 4.74 Å². The molecule has 0 spiro atoms. The van der Waals surface area contributed by atoms with Crippen molar-refractivity contribution in [1.29, 1.82) is 0 Å². The lowest BCUT2D eigenvalue weighted by molar-refractivity contribution is 0.0374. The number of pyridine rings is 1. The third-order valence-corrected chi connectivity index (χ3v) is 5.85. The molecule has 2 aromatic heterocycles. The lowest BCUT2D eigenvalue weighted by atomic mass is 10.1. The lowest BCUT2D eigenvalue weighted by Crippen LogP contribution is -2.38. The molecule has 6 nitrogen and oxygen atoms in total. The minimum Gasteiger partial charge on any atom is -0.379 e. The van der Waals surface area contributed by atoms with Gasteiger partial charge in [0.05, 0.1) is 13.2 Å². The van der Waals surface area contributed by atoms with E-state index in [0.29, 0.717) is 13.1 Å². The highest BCUT2D eigenvalue weighted by molar-refractivity contribution is 7.13. The molecular weight excluding hydrogens is 374 g/mol. The minimum absolute atomic E-state index is 0.209. The fourth-order valence-corrected chi connectivity index (χ4v) is 4.00. The molecule has 1 saturated heterocycles. The molecule has 0 radical (unpaired) electrons. The second-order valence-electron chi connectivity index (χ2n) is 7.04. The van der Waals surface area contributed by atoms with Gasteiger partial charge in [-0.3, -0.25) is 14.5 Å². The first-order valence-electron chi connectivity index (χ1n) is 10.1. The maximum atomic E-state index is 12.8. The summed E-state index contributed by atoms with van der Waals surface area (Å²) in [7, 11) is 0. The van der Waals surface area contributed by atoms with Crippen molar-refractivity contribution in [2.24, 2.45) is 0 Å². The first-order valence-corrected chi connectivity index (χ1v) is 10.9. The Kier molecular flexibility index (Phi) is 7.82. The molecule has 28 heavy (non-hydrogen) atoms. The number of unbranched alkanes of at least 4 members (excludes halogenated alkanes) is 1. The second-order valence-corrected chi connectivity index (χ2v) is 7.98. The number of hydrogen-bond donors (Lipinski definition) is 1. The maximum Gasteiger partial charge on any atom is 0.263 e. The van der Waals surface area contributed by atoms with Gasteiger partial charge < -0.3 is 14.6 Å². The smallest absolute Gasteiger partial charge is 0.263 e. The van der Waals surface area contributed by atoms with Crippen molar-refractivity contribution in [2.45, 2.75) is 32.7 Å². The van der Waals surface area contributed by atoms with E-state index >= 15 is 0 Å². The molecule has 3 rings (SSSR count). The Morgan fingerprint density at radius 2 is 2.07 bits per heavy atom. The number of rotatable bonds is 9. The van der Waals surface area contributed by atoms with Crippen molar-refractivity contribution in [2.75, 3.05) is 39.4 Å². The topological polar surface area (TPSA) is 63.6 Å². The van der Waals surface area contributed by atoms with Crippen molar-refractivity contribution in [3.8, 4) is 10.4 Å². The quantitative estimate of drug-likeness (QED) is 0.654. The Balaban J connectivity index is 1.67. The van der Waals surface area contributed by atoms with Crippen LogP contribution in [0.15, 0.2) is 34.6 Å². The molecule has 1 N–H and O–H groups in total. The van der Waals surface area contributed by atoms with Crippen LogP contribution in [0, 0.1) is 0 Å². The van der Waals surface area contributed by atoms with Crippen LogP contribution in [-0.2, 0) is 11.3 Å². The van der Waals surface area contributed by atoms with Crippen molar-refractivity contribution < 1.29 is 9.53 Å². The molecule has 1 amide bonds. The van der Waals surface area contributed by atoms with Crippen molar-refractivity contribution in [1.82, 2.24) is 14.8 Å². The van der Waals surface area contributed by atoms with Crippen LogP contribution in [0.4, 0.5) is 0 Å². The Morgan fingerprint density at radius 1 is 1.25 bits per heavy atom. The molecule has 2 aromatic rings. The summed E-state index contributed by atoms with van der Waals surface area (Å²) >= 11 is 1.61. The van der Waals surface area contributed by atoms with Crippen LogP contribution in [-0.4, -0.2) is 54.8 Å². The molecule has 0 atom stereocenters. The number of aryl methyl sites for hydroxylation is 1. The van der Waals surface area contributed by atoms with Gasteiger partial charge in [-0.2, -0.15) is 0 Å². The van der Waals surface area contributed by atoms with E-state index in [2.05, 4.69) is 17.1 Å². The molecule has 152 valence electrons. The maximum absolute atomic E-state index is 12.8. The number of aromatic nitrogens is 1. The van der Waals surface area contributed by atoms with Gasteiger partial charge in [0.15, 0.2) is 0 Å². The average Bonchev–Trinajstić information content (AvgIpc) is 3.26. The first kappa shape index (κ1) is 20.8. The highest BCUT2D eigenvalue weighted by Crippen LogP contribution is 2.24. The number of thiophene rings is 1. The summed E-state index contributed by atoms with van der Waals surface area (Å²) in [6.45, 7) is 7.66. The van der Waals surface area contributed by atoms with Gasteiger partial charge in [0.1, 0.15) is 5.56 Å². The van der Waals surface area contributed by atoms with Crippen LogP contribution >= 0.6 is 11.3 Å². The van der Waals surface area contributed by atoms with Crippen LogP contribution in [0.2, 0.25) is 0 Å². The lowest BCUT2D eigenvalue weighted by Gasteiger charge is -2.26. The van der Waals surface area contributed by atoms with E-state index in [1.54, 1.807) is 22.0 Å². The fraction of sp³-hybridized carbons (Fsp3) is 0.524. The highest BCUT2D eigenvalue weighted by atomic mass is 32.1. The predicted molar refractivity (Wildman–Crippen MR) is 113 cm³/mol. The third kappa shape index (κ3) is 5.53. The highest BCUT2D eigenvalue weighted by Gasteiger charge is 2.16. The van der Waals surface area contributed by atoms with Crippen LogP contribution < -0.4 is 10.9 Å². The number of nitrogens with zero attached hydrogens (tertiary/aromatic N) is 2. The average molecular weight is 404 g/mol. The summed E-state index contributed by atoms with van der Waals surface area (Å²) in [5.41, 5.74) is 0.942. The summed E-state index contributed by atoms with van der Waals surface area (Å²) in [4.78, 5) is 28.9. The molecule has 0 aromatic carbocycles. The fourth-order valence-electron chi connectivity index (χ4n) is 3.30. The standard InChI is InChI=1S/C21H29N3O3S/c1-2-3-9-24-16-17(19-6-4-14-28-19)15-18(21(24)26)20(25)22-7-5-8-23-10-12-27-13-11-23/h4,6,14-16H,2-3,5,7-13H2,1H3,(H,22,25). The summed E-state index contributed by atoms with van der Waals surface area (Å²) in [5, 5.41) is 4.93. The van der Waals surface area contributed by atoms with E-state index in [0.717, 1.165) is 62.6 Å². The zero-order valence-corrected chi connectivity index (χ0v) is 17.3. The molecule has 1 aliphatic heterocycles. The SMILES string of the molecule is CCCCn1cc(-c2cccs2)cc(C(=O)NCCCN2CCOCC2)c1=O. The molecule has 1 aliphatic rings. The molecular formula is C21H29N3O3S. The Hall–Kier alpha value is -1.96. The van der Waals surface area contributed by atoms with Gasteiger partial charge >= 0.3 is 0 Å². The number of carbonyl (C=O) groups is 1. The van der Waals surface area contributed by atoms with Gasteiger partial charge in [0, 0.05) is 42.8 Å². The molecule has 0 aliphatic carbocycles. The molecule has 1 fully saturated rings. The zero-order valence-electron chi connectivity index (χ0n) is 16.5. The van der Waals surface area contributed by atoms with E-state index in [1.807, 2.05) is 23.7 Å². The molecule has 0 saturated carbocycles. The first-order chi connectivity index (χ1) is 13.7. The third-order valence-electron chi connectivity index (χ3n) is 4.93. The van der Waals surface area contributed by atoms with E-state index < -0.39 is 0 Å². The normalized spacial score (nSPS) is 14.9. The van der Waals surface area contributed by atoms with Crippen LogP contribution in [0.5, 0.6) is 0 Å². The van der Waals surface area contributed by atoms with Crippen molar-refractivity contribution in [3.05, 3.63) is 45.7 Å². The Bertz CT molecular complexity index is 811. The van der Waals surface area contributed by atoms with Gasteiger partial charge in [-0.25, -0.2) is 0 Å². The largest absolute Gasteiger partial charge is 0.379 e. The van der Waals surface area contributed by atoms with E-state index in [-0.39, 0.29) is 17.0 Å². The molecule has 7 heteroatoms. The van der Waals surface area contributed by atoms with Gasteiger partial charge in [-0.05, 0) is 36.9 Å². The molecule has 0 unspecified atom stereocenters. The van der Waals surface area contributed by atoms with Gasteiger partial charge in [-0.15, -0.1) is 11.3 Å². The van der Waals surface area contributed by atoms with Crippen LogP contribution in [0.3, 0.4) is 0 Å². The number of hydrogen-bond acceptors (Lipinski definition) is 5. The van der Waals surface area contributed by atoms with Gasteiger partial charge in [0.25, 0.3) is 11.5 Å². The zero-order chi connectivity index (χ0) is 19.8. The van der Waals surface area contributed by atoms with Gasteiger partial charge in [-0.1, -0.05) is 19.4 Å². The van der Waals surface area contributed by atoms with Crippen LogP contribution in [0.1, 0.15) is 36.5 Å². The van der Waals surface area contributed by atoms with E-state index in [9.17, 15) is 9.59 Å². The summed E-state index contributed by atoms with van der Waals surface area (Å²) in [6.07, 6.45) is 4.65. The molecule has 0 bridgehead atoms. The summed E-state index contributed by atoms with van der Waals surface area (Å²) in [5.74, 6) is -0.282.